The maximum absolute atomic E-state index is 6.49. The van der Waals surface area contributed by atoms with Gasteiger partial charge < -0.3 is 4.42 Å². The average Bonchev–Trinajstić information content (AvgIpc) is 3.49. The monoisotopic (exact) mass is 570 g/mol. The SMILES string of the molecule is c1ccc(-c2ccc3cccc(-c4c5ccccc5c(-c5cc6ccc7cccc8oc(c5)c6c78)c5ccccc45)c3c2)cc1. The molecule has 0 atom stereocenters. The van der Waals surface area contributed by atoms with Gasteiger partial charge in [-0.25, -0.2) is 0 Å². The maximum atomic E-state index is 6.49. The van der Waals surface area contributed by atoms with Crippen LogP contribution in [0.5, 0.6) is 0 Å². The highest BCUT2D eigenvalue weighted by Crippen LogP contribution is 2.47. The molecule has 9 aromatic carbocycles. The first kappa shape index (κ1) is 24.5. The summed E-state index contributed by atoms with van der Waals surface area (Å²) in [6, 6.07) is 57.4. The molecule has 0 amide bonds. The maximum Gasteiger partial charge on any atom is 0.136 e. The van der Waals surface area contributed by atoms with Crippen molar-refractivity contribution in [2.24, 2.45) is 0 Å². The van der Waals surface area contributed by atoms with E-state index in [0.717, 1.165) is 11.2 Å². The Morgan fingerprint density at radius 1 is 0.311 bits per heavy atom. The molecule has 45 heavy (non-hydrogen) atoms. The third kappa shape index (κ3) is 3.56. The van der Waals surface area contributed by atoms with Gasteiger partial charge in [-0.3, -0.25) is 0 Å². The van der Waals surface area contributed by atoms with Crippen LogP contribution in [0.15, 0.2) is 162 Å². The predicted molar refractivity (Wildman–Crippen MR) is 191 cm³/mol. The van der Waals surface area contributed by atoms with Crippen molar-refractivity contribution in [1.82, 2.24) is 0 Å². The van der Waals surface area contributed by atoms with Crippen molar-refractivity contribution in [3.63, 3.8) is 0 Å². The average molecular weight is 571 g/mol. The topological polar surface area (TPSA) is 13.1 Å². The van der Waals surface area contributed by atoms with Crippen LogP contribution in [0.4, 0.5) is 0 Å². The second-order valence-electron chi connectivity index (χ2n) is 12.0. The summed E-state index contributed by atoms with van der Waals surface area (Å²) in [5.74, 6) is 0. The third-order valence-electron chi connectivity index (χ3n) is 9.58. The van der Waals surface area contributed by atoms with Gasteiger partial charge in [-0.2, -0.15) is 0 Å². The van der Waals surface area contributed by atoms with Gasteiger partial charge in [0.2, 0.25) is 0 Å². The van der Waals surface area contributed by atoms with Gasteiger partial charge in [0.25, 0.3) is 0 Å². The van der Waals surface area contributed by atoms with E-state index in [2.05, 4.69) is 158 Å². The van der Waals surface area contributed by atoms with Crippen molar-refractivity contribution in [2.75, 3.05) is 0 Å². The van der Waals surface area contributed by atoms with Gasteiger partial charge in [-0.1, -0.05) is 133 Å². The fourth-order valence-corrected chi connectivity index (χ4v) is 7.63. The Bertz CT molecular complexity index is 2690. The van der Waals surface area contributed by atoms with Crippen LogP contribution < -0.4 is 0 Å². The normalized spacial score (nSPS) is 12.0. The van der Waals surface area contributed by atoms with E-state index in [4.69, 9.17) is 4.42 Å². The molecule has 0 spiro atoms. The summed E-state index contributed by atoms with van der Waals surface area (Å²) < 4.78 is 6.49. The second kappa shape index (κ2) is 9.29. The summed E-state index contributed by atoms with van der Waals surface area (Å²) in [5.41, 5.74) is 9.28. The molecule has 1 heterocycles. The zero-order valence-electron chi connectivity index (χ0n) is 24.4. The van der Waals surface area contributed by atoms with E-state index in [9.17, 15) is 0 Å². The number of hydrogen-bond acceptors (Lipinski definition) is 1. The van der Waals surface area contributed by atoms with E-state index in [1.54, 1.807) is 0 Å². The first-order valence-electron chi connectivity index (χ1n) is 15.5. The minimum atomic E-state index is 0.939. The lowest BCUT2D eigenvalue weighted by atomic mass is 9.84. The zero-order chi connectivity index (χ0) is 29.5. The molecule has 208 valence electrons. The van der Waals surface area contributed by atoms with Crippen LogP contribution >= 0.6 is 0 Å². The number of rotatable bonds is 3. The van der Waals surface area contributed by atoms with Crippen LogP contribution in [0.2, 0.25) is 0 Å². The number of hydrogen-bond donors (Lipinski definition) is 0. The van der Waals surface area contributed by atoms with Crippen molar-refractivity contribution >= 4 is 65.0 Å². The van der Waals surface area contributed by atoms with Crippen molar-refractivity contribution in [2.45, 2.75) is 0 Å². The van der Waals surface area contributed by atoms with E-state index in [1.165, 1.54) is 87.2 Å². The molecule has 0 fully saturated rings. The van der Waals surface area contributed by atoms with Crippen molar-refractivity contribution in [3.05, 3.63) is 158 Å². The molecular formula is C44H26O. The lowest BCUT2D eigenvalue weighted by Gasteiger charge is -2.19. The minimum Gasteiger partial charge on any atom is -0.456 e. The van der Waals surface area contributed by atoms with Crippen LogP contribution in [0.3, 0.4) is 0 Å². The predicted octanol–water partition coefficient (Wildman–Crippen LogP) is 12.6. The lowest BCUT2D eigenvalue weighted by Crippen LogP contribution is -1.92. The van der Waals surface area contributed by atoms with E-state index < -0.39 is 0 Å². The Hall–Kier alpha value is -5.92. The van der Waals surface area contributed by atoms with Gasteiger partial charge in [0.1, 0.15) is 11.2 Å². The molecule has 10 rings (SSSR count). The van der Waals surface area contributed by atoms with E-state index in [-0.39, 0.29) is 0 Å². The van der Waals surface area contributed by atoms with Crippen molar-refractivity contribution < 1.29 is 4.42 Å². The summed E-state index contributed by atoms with van der Waals surface area (Å²) in [6.07, 6.45) is 0. The van der Waals surface area contributed by atoms with Gasteiger partial charge in [-0.15, -0.1) is 0 Å². The minimum absolute atomic E-state index is 0.939. The van der Waals surface area contributed by atoms with E-state index in [1.807, 2.05) is 0 Å². The number of furan rings is 1. The van der Waals surface area contributed by atoms with Gasteiger partial charge in [0.05, 0.1) is 0 Å². The van der Waals surface area contributed by atoms with Crippen molar-refractivity contribution in [1.29, 1.82) is 0 Å². The Morgan fingerprint density at radius 2 is 0.933 bits per heavy atom. The Morgan fingerprint density at radius 3 is 1.71 bits per heavy atom. The summed E-state index contributed by atoms with van der Waals surface area (Å²) in [5, 5.41) is 12.3. The van der Waals surface area contributed by atoms with Gasteiger partial charge in [0, 0.05) is 10.8 Å². The summed E-state index contributed by atoms with van der Waals surface area (Å²) in [6.45, 7) is 0. The molecule has 0 bridgehead atoms. The fraction of sp³-hybridized carbons (Fsp3) is 0. The first-order valence-corrected chi connectivity index (χ1v) is 15.5. The van der Waals surface area contributed by atoms with Crippen LogP contribution in [-0.2, 0) is 0 Å². The quantitative estimate of drug-likeness (QED) is 0.152. The number of benzene rings is 9. The van der Waals surface area contributed by atoms with Gasteiger partial charge in [-0.05, 0) is 101 Å². The van der Waals surface area contributed by atoms with Crippen LogP contribution in [0, 0.1) is 0 Å². The Labute approximate surface area is 259 Å². The summed E-state index contributed by atoms with van der Waals surface area (Å²) >= 11 is 0. The highest BCUT2D eigenvalue weighted by atomic mass is 16.3. The lowest BCUT2D eigenvalue weighted by molar-refractivity contribution is 0.669. The molecule has 1 aromatic heterocycles. The standard InChI is InChI=1S/C44H26O/c1-2-10-27(11-3-1)30-22-20-28-12-8-18-37(38(28)25-30)44-35-16-6-4-14-33(35)41(34-15-5-7-17-36(34)44)32-24-31-23-21-29-13-9-19-39-42(29)43(31)40(26-32)45-39/h1-26H. The zero-order valence-corrected chi connectivity index (χ0v) is 24.4. The van der Waals surface area contributed by atoms with E-state index in [0.29, 0.717) is 0 Å². The molecule has 0 N–H and O–H groups in total. The largest absolute Gasteiger partial charge is 0.456 e. The molecule has 1 heteroatoms. The van der Waals surface area contributed by atoms with Crippen molar-refractivity contribution in [3.8, 4) is 33.4 Å². The summed E-state index contributed by atoms with van der Waals surface area (Å²) in [4.78, 5) is 0. The summed E-state index contributed by atoms with van der Waals surface area (Å²) in [7, 11) is 0. The van der Waals surface area contributed by atoms with Crippen LogP contribution in [-0.4, -0.2) is 0 Å². The molecule has 0 aliphatic heterocycles. The molecule has 1 nitrogen and oxygen atoms in total. The smallest absolute Gasteiger partial charge is 0.136 e. The van der Waals surface area contributed by atoms with Crippen LogP contribution in [0.1, 0.15) is 0 Å². The van der Waals surface area contributed by atoms with Crippen LogP contribution in [0.25, 0.3) is 98.4 Å². The molecule has 0 aliphatic rings. The highest BCUT2D eigenvalue weighted by molar-refractivity contribution is 6.26. The molecule has 0 aliphatic carbocycles. The molecule has 0 unspecified atom stereocenters. The molecule has 10 aromatic rings. The fourth-order valence-electron chi connectivity index (χ4n) is 7.63. The second-order valence-corrected chi connectivity index (χ2v) is 12.0. The molecular weight excluding hydrogens is 544 g/mol. The molecule has 0 saturated heterocycles. The molecule has 0 saturated carbocycles. The van der Waals surface area contributed by atoms with E-state index >= 15 is 0 Å². The first-order chi connectivity index (χ1) is 22.3. The highest BCUT2D eigenvalue weighted by Gasteiger charge is 2.20. The van der Waals surface area contributed by atoms with Gasteiger partial charge >= 0.3 is 0 Å². The third-order valence-corrected chi connectivity index (χ3v) is 9.58. The Balaban J connectivity index is 1.30. The number of fused-ring (bicyclic) bond motifs is 3. The molecule has 0 radical (unpaired) electrons. The van der Waals surface area contributed by atoms with Gasteiger partial charge in [0.15, 0.2) is 0 Å². The Kier molecular flexibility index (Phi) is 5.06.